The van der Waals surface area contributed by atoms with E-state index in [9.17, 15) is 18.0 Å². The Kier molecular flexibility index (Phi) is 16.6. The second kappa shape index (κ2) is 18.8. The first kappa shape index (κ1) is 33.6. The van der Waals surface area contributed by atoms with Crippen LogP contribution in [0.25, 0.3) is 0 Å². The topological polar surface area (TPSA) is 103 Å². The number of carbonyl (C=O) groups is 1. The summed E-state index contributed by atoms with van der Waals surface area (Å²) >= 11 is 1.46. The SMILES string of the molecule is C=C.CN.Cc1nnc(CC=O)s1.FC(F)(F)COc1ccc2c(n1)CCN(CC[C@H]1CCCCO1)CC2. The van der Waals surface area contributed by atoms with Crippen LogP contribution in [0.1, 0.15) is 47.0 Å². The molecule has 8 nitrogen and oxygen atoms in total. The van der Waals surface area contributed by atoms with Crippen LogP contribution in [0.3, 0.4) is 0 Å². The Morgan fingerprint density at radius 2 is 1.95 bits per heavy atom. The highest BCUT2D eigenvalue weighted by Gasteiger charge is 2.29. The molecule has 0 unspecified atom stereocenters. The molecule has 2 aliphatic rings. The first-order valence-electron chi connectivity index (χ1n) is 12.6. The summed E-state index contributed by atoms with van der Waals surface area (Å²) in [7, 11) is 1.50. The van der Waals surface area contributed by atoms with Gasteiger partial charge in [0.2, 0.25) is 5.88 Å². The first-order valence-corrected chi connectivity index (χ1v) is 13.5. The molecule has 1 fully saturated rings. The number of carbonyl (C=O) groups excluding carboxylic acids is 1. The molecule has 0 bridgehead atoms. The number of fused-ring (bicyclic) bond motifs is 1. The van der Waals surface area contributed by atoms with E-state index in [1.54, 1.807) is 0 Å². The maximum atomic E-state index is 12.3. The van der Waals surface area contributed by atoms with Gasteiger partial charge < -0.3 is 24.9 Å². The minimum Gasteiger partial charge on any atom is -0.468 e. The van der Waals surface area contributed by atoms with E-state index in [0.717, 1.165) is 79.5 Å². The number of hydrogen-bond acceptors (Lipinski definition) is 9. The van der Waals surface area contributed by atoms with Gasteiger partial charge in [-0.1, -0.05) is 6.07 Å². The van der Waals surface area contributed by atoms with Crippen molar-refractivity contribution in [3.8, 4) is 5.88 Å². The van der Waals surface area contributed by atoms with Crippen molar-refractivity contribution in [2.45, 2.75) is 64.1 Å². The van der Waals surface area contributed by atoms with Crippen LogP contribution < -0.4 is 10.5 Å². The monoisotopic (exact) mass is 559 g/mol. The Balaban J connectivity index is 0.000000464. The Hall–Kier alpha value is -2.41. The maximum absolute atomic E-state index is 12.3. The van der Waals surface area contributed by atoms with Crippen LogP contribution >= 0.6 is 11.3 Å². The van der Waals surface area contributed by atoms with Crippen LogP contribution in [0.5, 0.6) is 5.88 Å². The van der Waals surface area contributed by atoms with Crippen LogP contribution in [-0.4, -0.2) is 78.5 Å². The number of rotatable bonds is 7. The fourth-order valence-electron chi connectivity index (χ4n) is 3.92. The van der Waals surface area contributed by atoms with Crippen LogP contribution in [0.15, 0.2) is 25.3 Å². The fourth-order valence-corrected chi connectivity index (χ4v) is 4.58. The third-order valence-corrected chi connectivity index (χ3v) is 6.52. The molecule has 2 aliphatic heterocycles. The van der Waals surface area contributed by atoms with Crippen molar-refractivity contribution in [3.63, 3.8) is 0 Å². The van der Waals surface area contributed by atoms with E-state index in [-0.39, 0.29) is 5.88 Å². The highest BCUT2D eigenvalue weighted by molar-refractivity contribution is 7.11. The molecule has 0 amide bonds. The molecule has 2 aromatic heterocycles. The van der Waals surface area contributed by atoms with Gasteiger partial charge in [0, 0.05) is 44.4 Å². The third-order valence-electron chi connectivity index (χ3n) is 5.66. The number of aldehydes is 1. The lowest BCUT2D eigenvalue weighted by atomic mass is 10.1. The molecule has 0 radical (unpaired) electrons. The van der Waals surface area contributed by atoms with Crippen molar-refractivity contribution in [1.82, 2.24) is 20.1 Å². The number of aryl methyl sites for hydroxylation is 1. The molecular formula is C26H40F3N5O3S. The second-order valence-electron chi connectivity index (χ2n) is 8.36. The molecule has 1 atom stereocenters. The van der Waals surface area contributed by atoms with Gasteiger partial charge in [0.25, 0.3) is 0 Å². The van der Waals surface area contributed by atoms with Crippen LogP contribution in [0, 0.1) is 6.92 Å². The fraction of sp³-hybridized carbons (Fsp3) is 0.615. The van der Waals surface area contributed by atoms with E-state index in [4.69, 9.17) is 9.47 Å². The molecule has 0 aromatic carbocycles. The molecule has 214 valence electrons. The van der Waals surface area contributed by atoms with E-state index < -0.39 is 12.8 Å². The minimum atomic E-state index is -4.34. The Morgan fingerprint density at radius 3 is 2.55 bits per heavy atom. The molecule has 4 rings (SSSR count). The van der Waals surface area contributed by atoms with Gasteiger partial charge in [-0.3, -0.25) is 0 Å². The normalized spacial score (nSPS) is 17.2. The van der Waals surface area contributed by atoms with E-state index >= 15 is 0 Å². The van der Waals surface area contributed by atoms with Gasteiger partial charge in [-0.25, -0.2) is 4.98 Å². The number of nitrogens with zero attached hydrogens (tertiary/aromatic N) is 4. The van der Waals surface area contributed by atoms with E-state index in [2.05, 4.69) is 39.0 Å². The zero-order valence-electron chi connectivity index (χ0n) is 22.3. The summed E-state index contributed by atoms with van der Waals surface area (Å²) < 4.78 is 47.3. The summed E-state index contributed by atoms with van der Waals surface area (Å²) in [5.74, 6) is 0.0557. The molecule has 12 heteroatoms. The van der Waals surface area contributed by atoms with Gasteiger partial charge in [-0.15, -0.1) is 34.7 Å². The van der Waals surface area contributed by atoms with Crippen molar-refractivity contribution < 1.29 is 27.4 Å². The molecule has 0 aliphatic carbocycles. The standard InChI is InChI=1S/C18H25F3N2O2.C5H6N2OS.C2H4.CH5N/c19-18(20,21)13-25-17-5-4-14-6-9-23(11-8-16(14)22-17)10-7-15-3-1-2-12-24-15;1-4-6-7-5(9-4)2-3-8;2*1-2/h4-5,15H,1-3,6-13H2;3H,2H2,1H3;1-2H2;2H2,1H3/t15-;;;/m1.../s1. The number of hydrogen-bond donors (Lipinski definition) is 1. The molecule has 2 aromatic rings. The molecule has 4 heterocycles. The summed E-state index contributed by atoms with van der Waals surface area (Å²) in [6.07, 6.45) is 3.48. The zero-order chi connectivity index (χ0) is 28.4. The molecule has 0 spiro atoms. The molecule has 1 saturated heterocycles. The number of alkyl halides is 3. The van der Waals surface area contributed by atoms with Crippen LogP contribution in [0.4, 0.5) is 13.2 Å². The summed E-state index contributed by atoms with van der Waals surface area (Å²) in [5, 5.41) is 9.19. The van der Waals surface area contributed by atoms with Gasteiger partial charge in [0.1, 0.15) is 16.3 Å². The lowest BCUT2D eigenvalue weighted by molar-refractivity contribution is -0.154. The average Bonchev–Trinajstić information content (AvgIpc) is 3.23. The van der Waals surface area contributed by atoms with Crippen LogP contribution in [0.2, 0.25) is 0 Å². The summed E-state index contributed by atoms with van der Waals surface area (Å²) in [5.41, 5.74) is 6.46. The summed E-state index contributed by atoms with van der Waals surface area (Å²) in [6, 6.07) is 3.39. The van der Waals surface area contributed by atoms with Gasteiger partial charge in [-0.05, 0) is 51.6 Å². The maximum Gasteiger partial charge on any atom is 0.422 e. The lowest BCUT2D eigenvalue weighted by Gasteiger charge is -2.26. The Labute approximate surface area is 227 Å². The second-order valence-corrected chi connectivity index (χ2v) is 9.63. The number of pyridine rings is 1. The number of ether oxygens (including phenoxy) is 2. The van der Waals surface area contributed by atoms with E-state index in [1.165, 1.54) is 37.3 Å². The van der Waals surface area contributed by atoms with Crippen molar-refractivity contribution >= 4 is 17.6 Å². The van der Waals surface area contributed by atoms with Crippen molar-refractivity contribution in [2.75, 3.05) is 39.9 Å². The number of halogens is 3. The molecule has 0 saturated carbocycles. The first-order chi connectivity index (χ1) is 18.3. The molecule has 38 heavy (non-hydrogen) atoms. The predicted molar refractivity (Wildman–Crippen MR) is 144 cm³/mol. The van der Waals surface area contributed by atoms with Crippen LogP contribution in [-0.2, 0) is 28.8 Å². The Morgan fingerprint density at radius 1 is 1.21 bits per heavy atom. The number of nitrogens with two attached hydrogens (primary N) is 1. The minimum absolute atomic E-state index is 0.0557. The molecular weight excluding hydrogens is 519 g/mol. The third kappa shape index (κ3) is 13.4. The Bertz CT molecular complexity index is 924. The highest BCUT2D eigenvalue weighted by atomic mass is 32.1. The van der Waals surface area contributed by atoms with Gasteiger partial charge in [0.15, 0.2) is 6.61 Å². The van der Waals surface area contributed by atoms with Gasteiger partial charge >= 0.3 is 6.18 Å². The van der Waals surface area contributed by atoms with Gasteiger partial charge in [0.05, 0.1) is 12.5 Å². The predicted octanol–water partition coefficient (Wildman–Crippen LogP) is 4.35. The van der Waals surface area contributed by atoms with Crippen molar-refractivity contribution in [3.05, 3.63) is 46.6 Å². The summed E-state index contributed by atoms with van der Waals surface area (Å²) in [6.45, 7) is 10.3. The molecule has 2 N–H and O–H groups in total. The summed E-state index contributed by atoms with van der Waals surface area (Å²) in [4.78, 5) is 16.6. The zero-order valence-corrected chi connectivity index (χ0v) is 23.2. The smallest absolute Gasteiger partial charge is 0.422 e. The van der Waals surface area contributed by atoms with Crippen molar-refractivity contribution in [1.29, 1.82) is 0 Å². The van der Waals surface area contributed by atoms with E-state index in [1.807, 2.05) is 13.0 Å². The van der Waals surface area contributed by atoms with Crippen molar-refractivity contribution in [2.24, 2.45) is 5.73 Å². The average molecular weight is 560 g/mol. The van der Waals surface area contributed by atoms with E-state index in [0.29, 0.717) is 12.5 Å². The highest BCUT2D eigenvalue weighted by Crippen LogP contribution is 2.22. The van der Waals surface area contributed by atoms with Gasteiger partial charge in [-0.2, -0.15) is 13.2 Å². The lowest BCUT2D eigenvalue weighted by Crippen LogP contribution is -2.31. The largest absolute Gasteiger partial charge is 0.468 e. The number of aromatic nitrogens is 3. The quantitative estimate of drug-likeness (QED) is 0.395.